The standard InChI is InChI=1S/C12H13N7/c13-16-12(10-8-14-18-17-10)11-6-7-15-19(11)9-4-2-1-3-5-9/h1-8,12,16H,13H2,(H,14,17,18). The van der Waals surface area contributed by atoms with E-state index in [0.717, 1.165) is 11.4 Å². The number of aromatic amines is 1. The predicted molar refractivity (Wildman–Crippen MR) is 69.1 cm³/mol. The number of hydrazine groups is 1. The van der Waals surface area contributed by atoms with Crippen molar-refractivity contribution in [1.29, 1.82) is 0 Å². The third kappa shape index (κ3) is 2.12. The molecule has 2 heterocycles. The fourth-order valence-electron chi connectivity index (χ4n) is 1.99. The molecular formula is C12H13N7. The molecule has 7 heteroatoms. The largest absolute Gasteiger partial charge is 0.270 e. The third-order valence-electron chi connectivity index (χ3n) is 2.86. The first-order valence-corrected chi connectivity index (χ1v) is 5.81. The van der Waals surface area contributed by atoms with Crippen LogP contribution in [0.5, 0.6) is 0 Å². The summed E-state index contributed by atoms with van der Waals surface area (Å²) in [5, 5.41) is 14.8. The number of rotatable bonds is 4. The number of nitrogens with one attached hydrogen (secondary N) is 2. The van der Waals surface area contributed by atoms with E-state index in [-0.39, 0.29) is 6.04 Å². The van der Waals surface area contributed by atoms with E-state index in [9.17, 15) is 0 Å². The smallest absolute Gasteiger partial charge is 0.109 e. The van der Waals surface area contributed by atoms with Crippen LogP contribution in [-0.2, 0) is 0 Å². The third-order valence-corrected chi connectivity index (χ3v) is 2.86. The highest BCUT2D eigenvalue weighted by atomic mass is 15.4. The maximum atomic E-state index is 5.63. The van der Waals surface area contributed by atoms with Crippen LogP contribution in [-0.4, -0.2) is 25.2 Å². The number of aromatic nitrogens is 5. The van der Waals surface area contributed by atoms with Gasteiger partial charge in [0, 0.05) is 6.20 Å². The number of para-hydroxylation sites is 1. The zero-order chi connectivity index (χ0) is 13.1. The van der Waals surface area contributed by atoms with Crippen molar-refractivity contribution in [2.75, 3.05) is 0 Å². The second kappa shape index (κ2) is 5.01. The van der Waals surface area contributed by atoms with Crippen LogP contribution in [0.2, 0.25) is 0 Å². The summed E-state index contributed by atoms with van der Waals surface area (Å²) in [7, 11) is 0. The molecular weight excluding hydrogens is 242 g/mol. The van der Waals surface area contributed by atoms with E-state index in [2.05, 4.69) is 25.9 Å². The highest BCUT2D eigenvalue weighted by molar-refractivity contribution is 5.34. The predicted octanol–water partition coefficient (Wildman–Crippen LogP) is 0.543. The molecule has 3 aromatic rings. The van der Waals surface area contributed by atoms with Crippen molar-refractivity contribution < 1.29 is 0 Å². The lowest BCUT2D eigenvalue weighted by molar-refractivity contribution is 0.582. The van der Waals surface area contributed by atoms with Gasteiger partial charge < -0.3 is 0 Å². The fraction of sp³-hybridized carbons (Fsp3) is 0.0833. The second-order valence-corrected chi connectivity index (χ2v) is 4.00. The lowest BCUT2D eigenvalue weighted by Gasteiger charge is -2.15. The lowest BCUT2D eigenvalue weighted by Crippen LogP contribution is -2.30. The summed E-state index contributed by atoms with van der Waals surface area (Å²) in [6.07, 6.45) is 3.36. The summed E-state index contributed by atoms with van der Waals surface area (Å²) >= 11 is 0. The Kier molecular flexibility index (Phi) is 3.05. The van der Waals surface area contributed by atoms with Crippen molar-refractivity contribution >= 4 is 0 Å². The molecule has 2 aromatic heterocycles. The molecule has 0 aliphatic heterocycles. The molecule has 7 nitrogen and oxygen atoms in total. The van der Waals surface area contributed by atoms with Gasteiger partial charge in [0.1, 0.15) is 11.7 Å². The zero-order valence-corrected chi connectivity index (χ0v) is 10.1. The minimum absolute atomic E-state index is 0.276. The molecule has 0 saturated carbocycles. The zero-order valence-electron chi connectivity index (χ0n) is 10.1. The van der Waals surface area contributed by atoms with Gasteiger partial charge >= 0.3 is 0 Å². The van der Waals surface area contributed by atoms with Gasteiger partial charge in [-0.05, 0) is 18.2 Å². The molecule has 4 N–H and O–H groups in total. The van der Waals surface area contributed by atoms with Crippen LogP contribution in [0.15, 0.2) is 48.8 Å². The average molecular weight is 255 g/mol. The number of nitrogens with zero attached hydrogens (tertiary/aromatic N) is 4. The van der Waals surface area contributed by atoms with Gasteiger partial charge in [-0.25, -0.2) is 10.1 Å². The Labute approximate surface area is 109 Å². The van der Waals surface area contributed by atoms with Gasteiger partial charge in [-0.1, -0.05) is 18.2 Å². The van der Waals surface area contributed by atoms with Crippen LogP contribution in [0.4, 0.5) is 0 Å². The van der Waals surface area contributed by atoms with Crippen LogP contribution in [0.25, 0.3) is 5.69 Å². The van der Waals surface area contributed by atoms with E-state index in [1.807, 2.05) is 41.1 Å². The number of hydrogen-bond acceptors (Lipinski definition) is 5. The van der Waals surface area contributed by atoms with Crippen LogP contribution >= 0.6 is 0 Å². The van der Waals surface area contributed by atoms with E-state index in [1.54, 1.807) is 12.4 Å². The molecule has 0 aliphatic rings. The fourth-order valence-corrected chi connectivity index (χ4v) is 1.99. The Morgan fingerprint density at radius 2 is 2.05 bits per heavy atom. The SMILES string of the molecule is NNC(c1cn[nH]n1)c1ccnn1-c1ccccc1. The number of hydrogen-bond donors (Lipinski definition) is 3. The van der Waals surface area contributed by atoms with Gasteiger partial charge in [-0.15, -0.1) is 0 Å². The van der Waals surface area contributed by atoms with Crippen molar-refractivity contribution in [3.8, 4) is 5.69 Å². The molecule has 96 valence electrons. The minimum Gasteiger partial charge on any atom is -0.270 e. The summed E-state index contributed by atoms with van der Waals surface area (Å²) < 4.78 is 1.82. The Hall–Kier alpha value is -2.51. The maximum absolute atomic E-state index is 5.63. The number of benzene rings is 1. The first-order chi connectivity index (χ1) is 9.40. The molecule has 1 aromatic carbocycles. The highest BCUT2D eigenvalue weighted by Gasteiger charge is 2.19. The minimum atomic E-state index is -0.276. The van der Waals surface area contributed by atoms with Gasteiger partial charge in [0.05, 0.1) is 17.6 Å². The summed E-state index contributed by atoms with van der Waals surface area (Å²) in [6, 6.07) is 11.5. The highest BCUT2D eigenvalue weighted by Crippen LogP contribution is 2.21. The van der Waals surface area contributed by atoms with Crippen LogP contribution < -0.4 is 11.3 Å². The van der Waals surface area contributed by atoms with Gasteiger partial charge in [-0.2, -0.15) is 20.5 Å². The Morgan fingerprint density at radius 3 is 2.74 bits per heavy atom. The summed E-state index contributed by atoms with van der Waals surface area (Å²) in [5.74, 6) is 5.63. The van der Waals surface area contributed by atoms with E-state index in [1.165, 1.54) is 0 Å². The topological polar surface area (TPSA) is 97.4 Å². The molecule has 0 amide bonds. The van der Waals surface area contributed by atoms with Crippen molar-refractivity contribution in [2.45, 2.75) is 6.04 Å². The monoisotopic (exact) mass is 255 g/mol. The first-order valence-electron chi connectivity index (χ1n) is 5.81. The Balaban J connectivity index is 2.04. The molecule has 1 atom stereocenters. The lowest BCUT2D eigenvalue weighted by atomic mass is 10.1. The van der Waals surface area contributed by atoms with Crippen molar-refractivity contribution in [2.24, 2.45) is 5.84 Å². The molecule has 1 unspecified atom stereocenters. The molecule has 0 bridgehead atoms. The van der Waals surface area contributed by atoms with Gasteiger partial charge in [0.2, 0.25) is 0 Å². The molecule has 0 radical (unpaired) electrons. The van der Waals surface area contributed by atoms with Crippen LogP contribution in [0.1, 0.15) is 17.4 Å². The quantitative estimate of drug-likeness (QED) is 0.467. The van der Waals surface area contributed by atoms with Gasteiger partial charge in [-0.3, -0.25) is 5.84 Å². The summed E-state index contributed by atoms with van der Waals surface area (Å²) in [4.78, 5) is 0. The average Bonchev–Trinajstić information content (AvgIpc) is 3.12. The molecule has 19 heavy (non-hydrogen) atoms. The first kappa shape index (κ1) is 11.6. The van der Waals surface area contributed by atoms with Gasteiger partial charge in [0.15, 0.2) is 0 Å². The number of H-pyrrole nitrogens is 1. The molecule has 0 spiro atoms. The van der Waals surface area contributed by atoms with E-state index >= 15 is 0 Å². The van der Waals surface area contributed by atoms with Gasteiger partial charge in [0.25, 0.3) is 0 Å². The summed E-state index contributed by atoms with van der Waals surface area (Å²) in [6.45, 7) is 0. The normalized spacial score (nSPS) is 12.5. The van der Waals surface area contributed by atoms with Crippen molar-refractivity contribution in [1.82, 2.24) is 30.6 Å². The van der Waals surface area contributed by atoms with E-state index < -0.39 is 0 Å². The number of nitrogens with two attached hydrogens (primary N) is 1. The maximum Gasteiger partial charge on any atom is 0.109 e. The van der Waals surface area contributed by atoms with Crippen molar-refractivity contribution in [3.05, 3.63) is 60.2 Å². The summed E-state index contributed by atoms with van der Waals surface area (Å²) in [5.41, 5.74) is 5.30. The Morgan fingerprint density at radius 1 is 1.21 bits per heavy atom. The molecule has 0 saturated heterocycles. The molecule has 0 aliphatic carbocycles. The van der Waals surface area contributed by atoms with E-state index in [0.29, 0.717) is 5.69 Å². The molecule has 0 fully saturated rings. The van der Waals surface area contributed by atoms with Crippen LogP contribution in [0.3, 0.4) is 0 Å². The Bertz CT molecular complexity index is 629. The van der Waals surface area contributed by atoms with Crippen LogP contribution in [0, 0.1) is 0 Å². The second-order valence-electron chi connectivity index (χ2n) is 4.00. The molecule has 3 rings (SSSR count). The van der Waals surface area contributed by atoms with Crippen molar-refractivity contribution in [3.63, 3.8) is 0 Å². The van der Waals surface area contributed by atoms with E-state index in [4.69, 9.17) is 5.84 Å².